The summed E-state index contributed by atoms with van der Waals surface area (Å²) < 4.78 is 0. The fraction of sp³-hybridized carbons (Fsp3) is 0.583. The molecule has 0 aliphatic heterocycles. The maximum Gasteiger partial charge on any atom is 0.0545 e. The SMILES string of the molecule is CC1(Cc2ccncc2)CCC(O)C1. The molecule has 76 valence electrons. The first-order valence-electron chi connectivity index (χ1n) is 5.25. The van der Waals surface area contributed by atoms with Gasteiger partial charge in [0.25, 0.3) is 0 Å². The molecule has 1 aromatic rings. The Hall–Kier alpha value is -0.890. The predicted octanol–water partition coefficient (Wildman–Crippen LogP) is 2.18. The molecule has 0 aromatic carbocycles. The highest BCUT2D eigenvalue weighted by atomic mass is 16.3. The number of rotatable bonds is 2. The zero-order valence-corrected chi connectivity index (χ0v) is 8.61. The van der Waals surface area contributed by atoms with Crippen LogP contribution in [0.5, 0.6) is 0 Å². The molecular formula is C12H17NO. The van der Waals surface area contributed by atoms with Crippen molar-refractivity contribution < 1.29 is 5.11 Å². The first kappa shape index (κ1) is 9.66. The summed E-state index contributed by atoms with van der Waals surface area (Å²) in [6.07, 6.45) is 7.69. The Morgan fingerprint density at radius 1 is 1.50 bits per heavy atom. The zero-order chi connectivity index (χ0) is 10.0. The Kier molecular flexibility index (Phi) is 2.55. The third-order valence-electron chi connectivity index (χ3n) is 3.19. The molecule has 1 aliphatic carbocycles. The van der Waals surface area contributed by atoms with Crippen LogP contribution in [0.3, 0.4) is 0 Å². The lowest BCUT2D eigenvalue weighted by Gasteiger charge is -2.23. The van der Waals surface area contributed by atoms with Gasteiger partial charge in [0.15, 0.2) is 0 Å². The molecular weight excluding hydrogens is 174 g/mol. The average molecular weight is 191 g/mol. The van der Waals surface area contributed by atoms with Gasteiger partial charge in [0.05, 0.1) is 6.10 Å². The van der Waals surface area contributed by atoms with Crippen molar-refractivity contribution in [2.75, 3.05) is 0 Å². The lowest BCUT2D eigenvalue weighted by molar-refractivity contribution is 0.163. The van der Waals surface area contributed by atoms with Crippen molar-refractivity contribution in [3.8, 4) is 0 Å². The van der Waals surface area contributed by atoms with Crippen LogP contribution >= 0.6 is 0 Å². The lowest BCUT2D eigenvalue weighted by Crippen LogP contribution is -2.16. The van der Waals surface area contributed by atoms with Gasteiger partial charge < -0.3 is 5.11 Å². The summed E-state index contributed by atoms with van der Waals surface area (Å²) in [6.45, 7) is 2.27. The molecule has 1 aromatic heterocycles. The molecule has 1 fully saturated rings. The highest BCUT2D eigenvalue weighted by Gasteiger charge is 2.33. The normalized spacial score (nSPS) is 32.0. The average Bonchev–Trinajstić information content (AvgIpc) is 2.47. The fourth-order valence-corrected chi connectivity index (χ4v) is 2.44. The number of hydrogen-bond acceptors (Lipinski definition) is 2. The molecule has 14 heavy (non-hydrogen) atoms. The van der Waals surface area contributed by atoms with Gasteiger partial charge >= 0.3 is 0 Å². The Bertz CT molecular complexity index is 298. The van der Waals surface area contributed by atoms with Gasteiger partial charge in [-0.15, -0.1) is 0 Å². The largest absolute Gasteiger partial charge is 0.393 e. The molecule has 1 saturated carbocycles. The van der Waals surface area contributed by atoms with Crippen LogP contribution in [0.15, 0.2) is 24.5 Å². The van der Waals surface area contributed by atoms with Crippen LogP contribution in [0, 0.1) is 5.41 Å². The standard InChI is InChI=1S/C12H17NO/c1-12(5-2-11(14)9-12)8-10-3-6-13-7-4-10/h3-4,6-7,11,14H,2,5,8-9H2,1H3. The van der Waals surface area contributed by atoms with Crippen LogP contribution in [0.4, 0.5) is 0 Å². The van der Waals surface area contributed by atoms with Crippen molar-refractivity contribution in [2.45, 2.75) is 38.7 Å². The minimum Gasteiger partial charge on any atom is -0.393 e. The summed E-state index contributed by atoms with van der Waals surface area (Å²) in [6, 6.07) is 4.13. The van der Waals surface area contributed by atoms with Crippen LogP contribution in [0.2, 0.25) is 0 Å². The second-order valence-electron chi connectivity index (χ2n) is 4.74. The van der Waals surface area contributed by atoms with E-state index >= 15 is 0 Å². The van der Waals surface area contributed by atoms with Crippen molar-refractivity contribution in [1.82, 2.24) is 4.98 Å². The molecule has 2 nitrogen and oxygen atoms in total. The topological polar surface area (TPSA) is 33.1 Å². The molecule has 2 unspecified atom stereocenters. The van der Waals surface area contributed by atoms with Gasteiger partial charge in [0, 0.05) is 12.4 Å². The molecule has 0 radical (unpaired) electrons. The number of hydrogen-bond donors (Lipinski definition) is 1. The molecule has 0 amide bonds. The number of aliphatic hydroxyl groups is 1. The molecule has 0 spiro atoms. The Labute approximate surface area is 85.0 Å². The maximum absolute atomic E-state index is 9.53. The monoisotopic (exact) mass is 191 g/mol. The fourth-order valence-electron chi connectivity index (χ4n) is 2.44. The number of pyridine rings is 1. The van der Waals surface area contributed by atoms with E-state index in [0.29, 0.717) is 5.41 Å². The first-order valence-corrected chi connectivity index (χ1v) is 5.25. The minimum absolute atomic E-state index is 0.0816. The van der Waals surface area contributed by atoms with E-state index in [1.165, 1.54) is 5.56 Å². The maximum atomic E-state index is 9.53. The Morgan fingerprint density at radius 3 is 2.79 bits per heavy atom. The van der Waals surface area contributed by atoms with Crippen LogP contribution in [-0.2, 0) is 6.42 Å². The number of aliphatic hydroxyl groups excluding tert-OH is 1. The molecule has 2 atom stereocenters. The molecule has 1 aliphatic rings. The molecule has 0 saturated heterocycles. The van der Waals surface area contributed by atoms with Crippen molar-refractivity contribution in [3.63, 3.8) is 0 Å². The molecule has 1 heterocycles. The lowest BCUT2D eigenvalue weighted by atomic mass is 9.82. The number of nitrogens with zero attached hydrogens (tertiary/aromatic N) is 1. The zero-order valence-electron chi connectivity index (χ0n) is 8.61. The Morgan fingerprint density at radius 2 is 2.21 bits per heavy atom. The van der Waals surface area contributed by atoms with E-state index in [1.807, 2.05) is 12.4 Å². The Balaban J connectivity index is 2.04. The third kappa shape index (κ3) is 2.13. The van der Waals surface area contributed by atoms with Gasteiger partial charge in [-0.25, -0.2) is 0 Å². The summed E-state index contributed by atoms with van der Waals surface area (Å²) in [5, 5.41) is 9.53. The van der Waals surface area contributed by atoms with Crippen molar-refractivity contribution in [3.05, 3.63) is 30.1 Å². The summed E-state index contributed by atoms with van der Waals surface area (Å²) in [5.41, 5.74) is 1.62. The van der Waals surface area contributed by atoms with E-state index in [0.717, 1.165) is 25.7 Å². The summed E-state index contributed by atoms with van der Waals surface area (Å²) in [7, 11) is 0. The van der Waals surface area contributed by atoms with E-state index in [1.54, 1.807) is 0 Å². The van der Waals surface area contributed by atoms with Gasteiger partial charge in [-0.3, -0.25) is 4.98 Å². The highest BCUT2D eigenvalue weighted by molar-refractivity contribution is 5.12. The summed E-state index contributed by atoms with van der Waals surface area (Å²) >= 11 is 0. The van der Waals surface area contributed by atoms with Gasteiger partial charge in [-0.1, -0.05) is 6.92 Å². The molecule has 1 N–H and O–H groups in total. The van der Waals surface area contributed by atoms with Gasteiger partial charge in [0.1, 0.15) is 0 Å². The second-order valence-corrected chi connectivity index (χ2v) is 4.74. The van der Waals surface area contributed by atoms with Crippen LogP contribution in [0.25, 0.3) is 0 Å². The van der Waals surface area contributed by atoms with Crippen LogP contribution in [-0.4, -0.2) is 16.2 Å². The summed E-state index contributed by atoms with van der Waals surface area (Å²) in [4.78, 5) is 4.01. The molecule has 2 heteroatoms. The summed E-state index contributed by atoms with van der Waals surface area (Å²) in [5.74, 6) is 0. The molecule has 2 rings (SSSR count). The van der Waals surface area contributed by atoms with Gasteiger partial charge in [-0.05, 0) is 48.8 Å². The third-order valence-corrected chi connectivity index (χ3v) is 3.19. The predicted molar refractivity (Wildman–Crippen MR) is 55.9 cm³/mol. The van der Waals surface area contributed by atoms with E-state index in [-0.39, 0.29) is 6.10 Å². The van der Waals surface area contributed by atoms with Crippen molar-refractivity contribution in [1.29, 1.82) is 0 Å². The van der Waals surface area contributed by atoms with Crippen LogP contribution < -0.4 is 0 Å². The van der Waals surface area contributed by atoms with E-state index < -0.39 is 0 Å². The quantitative estimate of drug-likeness (QED) is 0.777. The van der Waals surface area contributed by atoms with Crippen LogP contribution in [0.1, 0.15) is 31.7 Å². The molecule has 0 bridgehead atoms. The highest BCUT2D eigenvalue weighted by Crippen LogP contribution is 2.40. The van der Waals surface area contributed by atoms with E-state index in [9.17, 15) is 5.11 Å². The smallest absolute Gasteiger partial charge is 0.0545 e. The minimum atomic E-state index is -0.0816. The van der Waals surface area contributed by atoms with Crippen molar-refractivity contribution >= 4 is 0 Å². The first-order chi connectivity index (χ1) is 6.68. The van der Waals surface area contributed by atoms with E-state index in [4.69, 9.17) is 0 Å². The van der Waals surface area contributed by atoms with Crippen molar-refractivity contribution in [2.24, 2.45) is 5.41 Å². The number of aromatic nitrogens is 1. The van der Waals surface area contributed by atoms with E-state index in [2.05, 4.69) is 24.0 Å². The van der Waals surface area contributed by atoms with Gasteiger partial charge in [0.2, 0.25) is 0 Å². The van der Waals surface area contributed by atoms with Gasteiger partial charge in [-0.2, -0.15) is 0 Å². The second kappa shape index (κ2) is 3.70.